The highest BCUT2D eigenvalue weighted by Gasteiger charge is 1.95. The van der Waals surface area contributed by atoms with Crippen LogP contribution in [0.1, 0.15) is 0 Å². The molecule has 0 aliphatic heterocycles. The first kappa shape index (κ1) is 7.11. The first-order valence-corrected chi connectivity index (χ1v) is 1.95. The minimum atomic E-state index is -2.15. The normalized spacial score (nSPS) is 10.1. The minimum absolute atomic E-state index is 0.406. The predicted molar refractivity (Wildman–Crippen MR) is 27.7 cm³/mol. The van der Waals surface area contributed by atoms with Gasteiger partial charge in [-0.1, -0.05) is 6.58 Å². The van der Waals surface area contributed by atoms with Gasteiger partial charge in [-0.05, 0) is 6.08 Å². The molecule has 0 fully saturated rings. The van der Waals surface area contributed by atoms with Crippen LogP contribution in [-0.4, -0.2) is 11.4 Å². The zero-order chi connectivity index (χ0) is 6.62. The molecule has 0 spiro atoms. The summed E-state index contributed by atoms with van der Waals surface area (Å²) in [5.41, 5.74) is 0. The number of rotatable bonds is 2. The maximum atomic E-state index is 10.0. The third-order valence-corrected chi connectivity index (χ3v) is 0.522. The van der Waals surface area contributed by atoms with Crippen molar-refractivity contribution >= 4 is 0 Å². The van der Waals surface area contributed by atoms with E-state index >= 15 is 0 Å². The maximum absolute atomic E-state index is 10.0. The van der Waals surface area contributed by atoms with Crippen molar-refractivity contribution in [1.29, 1.82) is 5.26 Å². The van der Waals surface area contributed by atoms with Gasteiger partial charge in [0.25, 0.3) is 0 Å². The van der Waals surface area contributed by atoms with Crippen LogP contribution in [-0.2, 0) is 0 Å². The molecule has 0 heterocycles. The van der Waals surface area contributed by atoms with Crippen LogP contribution in [0.4, 0.5) is 0 Å². The highest BCUT2D eigenvalue weighted by atomic mass is 16.8. The fourth-order valence-electron chi connectivity index (χ4n) is 0.211. The molecule has 0 bridgehead atoms. The average Bonchev–Trinajstić information content (AvgIpc) is 1.67. The molecule has 4 nitrogen and oxygen atoms in total. The minimum Gasteiger partial charge on any atom is -0.616 e. The standard InChI is InChI=1S/C4H5N2O2/c1-2-3-6(7,8)4-5/h2H,1,3H2/q-1. The van der Waals surface area contributed by atoms with E-state index in [1.54, 1.807) is 0 Å². The summed E-state index contributed by atoms with van der Waals surface area (Å²) in [6.07, 6.45) is 2.11. The van der Waals surface area contributed by atoms with Gasteiger partial charge in [-0.2, -0.15) is 0 Å². The summed E-state index contributed by atoms with van der Waals surface area (Å²) in [5, 5.41) is 27.8. The third kappa shape index (κ3) is 2.31. The topological polar surface area (TPSA) is 69.9 Å². The fourth-order valence-corrected chi connectivity index (χ4v) is 0.211. The fraction of sp³-hybridized carbons (Fsp3) is 0.250. The summed E-state index contributed by atoms with van der Waals surface area (Å²) in [7, 11) is 0. The van der Waals surface area contributed by atoms with Gasteiger partial charge < -0.3 is 10.4 Å². The van der Waals surface area contributed by atoms with Gasteiger partial charge in [0.2, 0.25) is 0 Å². The van der Waals surface area contributed by atoms with Crippen LogP contribution >= 0.6 is 0 Å². The number of nitriles is 1. The van der Waals surface area contributed by atoms with E-state index < -0.39 is 11.4 Å². The van der Waals surface area contributed by atoms with E-state index in [-0.39, 0.29) is 0 Å². The Morgan fingerprint density at radius 2 is 2.25 bits per heavy atom. The van der Waals surface area contributed by atoms with Gasteiger partial charge in [0.15, 0.2) is 0 Å². The summed E-state index contributed by atoms with van der Waals surface area (Å²) in [4.78, 5) is -2.15. The van der Waals surface area contributed by atoms with Crippen LogP contribution in [0.2, 0.25) is 0 Å². The van der Waals surface area contributed by atoms with Gasteiger partial charge in [0.05, 0.1) is 0 Å². The number of quaternary nitrogens is 1. The van der Waals surface area contributed by atoms with Crippen LogP contribution in [0.25, 0.3) is 0 Å². The predicted octanol–water partition coefficient (Wildman–Crippen LogP) is 0.466. The van der Waals surface area contributed by atoms with Gasteiger partial charge in [0.1, 0.15) is 6.54 Å². The lowest BCUT2D eigenvalue weighted by atomic mass is 10.6. The van der Waals surface area contributed by atoms with Crippen molar-refractivity contribution < 1.29 is 4.81 Å². The molecular formula is C4H5N2O2-. The van der Waals surface area contributed by atoms with Crippen molar-refractivity contribution in [1.82, 2.24) is 0 Å². The first-order valence-electron chi connectivity index (χ1n) is 1.95. The van der Waals surface area contributed by atoms with Crippen molar-refractivity contribution in [3.05, 3.63) is 23.1 Å². The van der Waals surface area contributed by atoms with E-state index in [0.29, 0.717) is 0 Å². The molecular weight excluding hydrogens is 108 g/mol. The lowest BCUT2D eigenvalue weighted by Crippen LogP contribution is -2.28. The molecule has 0 unspecified atom stereocenters. The van der Waals surface area contributed by atoms with E-state index in [1.807, 2.05) is 0 Å². The third-order valence-electron chi connectivity index (χ3n) is 0.522. The molecule has 4 heteroatoms. The Kier molecular flexibility index (Phi) is 2.16. The Labute approximate surface area is 47.0 Å². The van der Waals surface area contributed by atoms with Crippen LogP contribution in [0.15, 0.2) is 12.7 Å². The Morgan fingerprint density at radius 1 is 1.75 bits per heavy atom. The molecule has 0 saturated heterocycles. The van der Waals surface area contributed by atoms with Gasteiger partial charge in [-0.3, -0.25) is 4.81 Å². The molecule has 8 heavy (non-hydrogen) atoms. The van der Waals surface area contributed by atoms with E-state index in [0.717, 1.165) is 12.3 Å². The SMILES string of the molecule is C=CC[N+]([O-])([O-])C#N. The smallest absolute Gasteiger partial charge is 0.309 e. The van der Waals surface area contributed by atoms with Crippen molar-refractivity contribution in [3.8, 4) is 6.19 Å². The van der Waals surface area contributed by atoms with Crippen LogP contribution in [0, 0.1) is 21.9 Å². The second kappa shape index (κ2) is 2.43. The van der Waals surface area contributed by atoms with Gasteiger partial charge >= 0.3 is 6.19 Å². The highest BCUT2D eigenvalue weighted by Crippen LogP contribution is 1.95. The summed E-state index contributed by atoms with van der Waals surface area (Å²) >= 11 is 0. The summed E-state index contributed by atoms with van der Waals surface area (Å²) in [6.45, 7) is 2.72. The van der Waals surface area contributed by atoms with E-state index in [4.69, 9.17) is 5.26 Å². The number of hydroxylamine groups is 4. The average molecular weight is 113 g/mol. The molecule has 44 valence electrons. The van der Waals surface area contributed by atoms with Crippen LogP contribution in [0.3, 0.4) is 0 Å². The molecule has 0 aliphatic carbocycles. The molecule has 0 atom stereocenters. The Morgan fingerprint density at radius 3 is 2.38 bits per heavy atom. The monoisotopic (exact) mass is 113 g/mol. The van der Waals surface area contributed by atoms with E-state index in [9.17, 15) is 10.4 Å². The summed E-state index contributed by atoms with van der Waals surface area (Å²) < 4.78 is 0. The molecule has 0 amide bonds. The Balaban J connectivity index is 3.76. The van der Waals surface area contributed by atoms with Crippen LogP contribution in [0.5, 0.6) is 0 Å². The maximum Gasteiger partial charge on any atom is 0.309 e. The van der Waals surface area contributed by atoms with Crippen molar-refractivity contribution in [2.45, 2.75) is 0 Å². The first-order chi connectivity index (χ1) is 3.62. The van der Waals surface area contributed by atoms with Crippen molar-refractivity contribution in [3.63, 3.8) is 0 Å². The van der Waals surface area contributed by atoms with Crippen LogP contribution < -0.4 is 0 Å². The number of hydrogen-bond acceptors (Lipinski definition) is 3. The second-order valence-electron chi connectivity index (χ2n) is 1.24. The quantitative estimate of drug-likeness (QED) is 0.226. The molecule has 0 N–H and O–H groups in total. The van der Waals surface area contributed by atoms with Crippen molar-refractivity contribution in [2.75, 3.05) is 6.54 Å². The zero-order valence-corrected chi connectivity index (χ0v) is 4.20. The summed E-state index contributed by atoms with van der Waals surface area (Å²) in [5.74, 6) is 0. The molecule has 0 radical (unpaired) electrons. The van der Waals surface area contributed by atoms with E-state index in [1.165, 1.54) is 0 Å². The molecule has 0 rings (SSSR count). The largest absolute Gasteiger partial charge is 0.616 e. The lowest BCUT2D eigenvalue weighted by molar-refractivity contribution is -0.753. The van der Waals surface area contributed by atoms with Crippen molar-refractivity contribution in [2.24, 2.45) is 0 Å². The van der Waals surface area contributed by atoms with Gasteiger partial charge in [-0.15, -0.1) is 5.26 Å². The van der Waals surface area contributed by atoms with E-state index in [2.05, 4.69) is 6.58 Å². The number of nitrogens with zero attached hydrogens (tertiary/aromatic N) is 2. The second-order valence-corrected chi connectivity index (χ2v) is 1.24. The molecule has 0 saturated carbocycles. The highest BCUT2D eigenvalue weighted by molar-refractivity contribution is 4.71. The Bertz CT molecular complexity index is 124. The number of hydrogen-bond donors (Lipinski definition) is 0. The molecule has 0 aromatic rings. The molecule has 0 aromatic heterocycles. The molecule has 0 aliphatic rings. The molecule has 0 aromatic carbocycles. The summed E-state index contributed by atoms with van der Waals surface area (Å²) in [6, 6.07) is 0. The Hall–Kier alpha value is -0.890. The lowest BCUT2D eigenvalue weighted by Gasteiger charge is -2.35. The zero-order valence-electron chi connectivity index (χ0n) is 4.20. The van der Waals surface area contributed by atoms with Gasteiger partial charge in [0, 0.05) is 0 Å². The van der Waals surface area contributed by atoms with Gasteiger partial charge in [-0.25, -0.2) is 0 Å².